The summed E-state index contributed by atoms with van der Waals surface area (Å²) in [6.45, 7) is 0.893. The molecule has 0 spiro atoms. The van der Waals surface area contributed by atoms with Gasteiger partial charge in [-0.25, -0.2) is 0 Å². The Morgan fingerprint density at radius 1 is 1.19 bits per heavy atom. The highest BCUT2D eigenvalue weighted by Gasteiger charge is 2.14. The van der Waals surface area contributed by atoms with Crippen LogP contribution < -0.4 is 4.74 Å². The smallest absolute Gasteiger partial charge is 0.254 e. The quantitative estimate of drug-likeness (QED) is 0.688. The summed E-state index contributed by atoms with van der Waals surface area (Å²) in [6.07, 6.45) is 0. The van der Waals surface area contributed by atoms with Gasteiger partial charge in [0.2, 0.25) is 0 Å². The number of ether oxygens (including phenoxy) is 1. The predicted octanol–water partition coefficient (Wildman–Crippen LogP) is 4.10. The molecule has 0 aliphatic carbocycles. The van der Waals surface area contributed by atoms with E-state index in [1.54, 1.807) is 18.0 Å². The summed E-state index contributed by atoms with van der Waals surface area (Å²) in [6, 6.07) is 14.8. The molecule has 0 N–H and O–H groups in total. The Hall–Kier alpha value is -1.27. The van der Waals surface area contributed by atoms with Crippen LogP contribution in [-0.2, 0) is 0 Å². The highest BCUT2D eigenvalue weighted by atomic mass is 127. The minimum absolute atomic E-state index is 0.0113. The summed E-state index contributed by atoms with van der Waals surface area (Å²) in [5.74, 6) is 0.622. The van der Waals surface area contributed by atoms with Crippen LogP contribution in [0.2, 0.25) is 5.02 Å². The Bertz CT molecular complexity index is 633. The van der Waals surface area contributed by atoms with Crippen LogP contribution in [0.5, 0.6) is 5.75 Å². The largest absolute Gasteiger partial charge is 0.490 e. The van der Waals surface area contributed by atoms with E-state index in [0.29, 0.717) is 29.5 Å². The Balaban J connectivity index is 1.90. The van der Waals surface area contributed by atoms with Gasteiger partial charge in [0.15, 0.2) is 0 Å². The summed E-state index contributed by atoms with van der Waals surface area (Å²) in [5.41, 5.74) is 0.707. The van der Waals surface area contributed by atoms with Crippen molar-refractivity contribution in [3.63, 3.8) is 0 Å². The van der Waals surface area contributed by atoms with Crippen LogP contribution in [0.3, 0.4) is 0 Å². The van der Waals surface area contributed by atoms with Crippen LogP contribution in [-0.4, -0.2) is 31.0 Å². The second-order valence-electron chi connectivity index (χ2n) is 4.49. The van der Waals surface area contributed by atoms with E-state index < -0.39 is 0 Å². The van der Waals surface area contributed by atoms with Gasteiger partial charge < -0.3 is 9.64 Å². The third-order valence-corrected chi connectivity index (χ3v) is 4.22. The van der Waals surface area contributed by atoms with Crippen LogP contribution in [0, 0.1) is 3.57 Å². The van der Waals surface area contributed by atoms with Crippen molar-refractivity contribution in [3.05, 3.63) is 62.7 Å². The van der Waals surface area contributed by atoms with Gasteiger partial charge in [0, 0.05) is 10.6 Å². The van der Waals surface area contributed by atoms with Crippen molar-refractivity contribution in [1.82, 2.24) is 4.90 Å². The molecule has 0 unspecified atom stereocenters. The second kappa shape index (κ2) is 7.66. The molecule has 0 saturated carbocycles. The zero-order valence-corrected chi connectivity index (χ0v) is 14.5. The molecule has 5 heteroatoms. The molecule has 2 aromatic carbocycles. The minimum Gasteiger partial charge on any atom is -0.490 e. The van der Waals surface area contributed by atoms with Crippen molar-refractivity contribution in [2.45, 2.75) is 0 Å². The Morgan fingerprint density at radius 3 is 2.57 bits per heavy atom. The molecule has 0 bridgehead atoms. The van der Waals surface area contributed by atoms with Crippen molar-refractivity contribution in [1.29, 1.82) is 0 Å². The lowest BCUT2D eigenvalue weighted by Crippen LogP contribution is -2.31. The third-order valence-electron chi connectivity index (χ3n) is 2.97. The third kappa shape index (κ3) is 4.35. The number of para-hydroxylation sites is 1. The lowest BCUT2D eigenvalue weighted by Gasteiger charge is -2.18. The molecule has 21 heavy (non-hydrogen) atoms. The van der Waals surface area contributed by atoms with E-state index in [1.165, 1.54) is 0 Å². The van der Waals surface area contributed by atoms with E-state index in [-0.39, 0.29) is 5.91 Å². The monoisotopic (exact) mass is 415 g/mol. The first-order chi connectivity index (χ1) is 10.1. The van der Waals surface area contributed by atoms with Gasteiger partial charge in [0.05, 0.1) is 17.1 Å². The topological polar surface area (TPSA) is 29.5 Å². The van der Waals surface area contributed by atoms with E-state index in [4.69, 9.17) is 16.3 Å². The summed E-state index contributed by atoms with van der Waals surface area (Å²) >= 11 is 8.18. The van der Waals surface area contributed by atoms with Crippen LogP contribution in [0.1, 0.15) is 10.4 Å². The Morgan fingerprint density at radius 2 is 1.86 bits per heavy atom. The van der Waals surface area contributed by atoms with Crippen molar-refractivity contribution in [2.24, 2.45) is 0 Å². The number of nitrogens with zero attached hydrogens (tertiary/aromatic N) is 1. The highest BCUT2D eigenvalue weighted by molar-refractivity contribution is 14.1. The molecule has 0 aromatic heterocycles. The molecule has 0 heterocycles. The highest BCUT2D eigenvalue weighted by Crippen LogP contribution is 2.23. The van der Waals surface area contributed by atoms with E-state index in [0.717, 1.165) is 3.57 Å². The fraction of sp³-hybridized carbons (Fsp3) is 0.188. The molecule has 2 rings (SSSR count). The average molecular weight is 416 g/mol. The molecule has 0 radical (unpaired) electrons. The van der Waals surface area contributed by atoms with Gasteiger partial charge in [0.1, 0.15) is 12.4 Å². The first-order valence-electron chi connectivity index (χ1n) is 6.47. The standard InChI is InChI=1S/C16H15ClINO2/c1-19(16(20)12-6-2-4-8-14(12)18)10-11-21-15-9-5-3-7-13(15)17/h2-9H,10-11H2,1H3. The summed E-state index contributed by atoms with van der Waals surface area (Å²) in [5, 5.41) is 0.573. The van der Waals surface area contributed by atoms with Gasteiger partial charge in [-0.15, -0.1) is 0 Å². The van der Waals surface area contributed by atoms with Crippen LogP contribution in [0.25, 0.3) is 0 Å². The molecule has 2 aromatic rings. The average Bonchev–Trinajstić information content (AvgIpc) is 2.49. The molecular weight excluding hydrogens is 401 g/mol. The molecule has 0 aliphatic heterocycles. The van der Waals surface area contributed by atoms with Crippen LogP contribution in [0.4, 0.5) is 0 Å². The van der Waals surface area contributed by atoms with Gasteiger partial charge in [-0.05, 0) is 46.9 Å². The van der Waals surface area contributed by atoms with E-state index in [2.05, 4.69) is 22.6 Å². The lowest BCUT2D eigenvalue weighted by molar-refractivity contribution is 0.0773. The molecule has 0 atom stereocenters. The maximum absolute atomic E-state index is 12.3. The number of likely N-dealkylation sites (N-methyl/N-ethyl adjacent to an activating group) is 1. The van der Waals surface area contributed by atoms with Gasteiger partial charge in [0.25, 0.3) is 5.91 Å². The van der Waals surface area contributed by atoms with Crippen LogP contribution >= 0.6 is 34.2 Å². The zero-order valence-electron chi connectivity index (χ0n) is 11.6. The number of halogens is 2. The number of carbonyl (C=O) groups is 1. The molecule has 0 saturated heterocycles. The van der Waals surface area contributed by atoms with Crippen LogP contribution in [0.15, 0.2) is 48.5 Å². The van der Waals surface area contributed by atoms with Crippen molar-refractivity contribution in [2.75, 3.05) is 20.2 Å². The molecule has 3 nitrogen and oxygen atoms in total. The first-order valence-corrected chi connectivity index (χ1v) is 7.92. The normalized spacial score (nSPS) is 10.2. The number of amides is 1. The SMILES string of the molecule is CN(CCOc1ccccc1Cl)C(=O)c1ccccc1I. The first kappa shape index (κ1) is 16.1. The summed E-state index contributed by atoms with van der Waals surface area (Å²) < 4.78 is 6.54. The van der Waals surface area contributed by atoms with Crippen molar-refractivity contribution < 1.29 is 9.53 Å². The number of hydrogen-bond acceptors (Lipinski definition) is 2. The van der Waals surface area contributed by atoms with E-state index in [1.807, 2.05) is 42.5 Å². The maximum Gasteiger partial charge on any atom is 0.254 e. The van der Waals surface area contributed by atoms with Gasteiger partial charge in [-0.1, -0.05) is 35.9 Å². The minimum atomic E-state index is -0.0113. The Kier molecular flexibility index (Phi) is 5.87. The van der Waals surface area contributed by atoms with Gasteiger partial charge >= 0.3 is 0 Å². The van der Waals surface area contributed by atoms with E-state index >= 15 is 0 Å². The fourth-order valence-corrected chi connectivity index (χ4v) is 2.60. The number of carbonyl (C=O) groups excluding carboxylic acids is 1. The molecular formula is C16H15ClINO2. The second-order valence-corrected chi connectivity index (χ2v) is 6.05. The summed E-state index contributed by atoms with van der Waals surface area (Å²) in [4.78, 5) is 14.0. The number of rotatable bonds is 5. The number of benzene rings is 2. The fourth-order valence-electron chi connectivity index (χ4n) is 1.80. The van der Waals surface area contributed by atoms with E-state index in [9.17, 15) is 4.79 Å². The number of hydrogen-bond donors (Lipinski definition) is 0. The summed E-state index contributed by atoms with van der Waals surface area (Å²) in [7, 11) is 1.77. The zero-order chi connectivity index (χ0) is 15.2. The molecule has 1 amide bonds. The maximum atomic E-state index is 12.3. The predicted molar refractivity (Wildman–Crippen MR) is 93.1 cm³/mol. The molecule has 0 aliphatic rings. The molecule has 110 valence electrons. The Labute approximate surface area is 143 Å². The van der Waals surface area contributed by atoms with Gasteiger partial charge in [-0.2, -0.15) is 0 Å². The molecule has 0 fully saturated rings. The van der Waals surface area contributed by atoms with Gasteiger partial charge in [-0.3, -0.25) is 4.79 Å². The lowest BCUT2D eigenvalue weighted by atomic mass is 10.2. The van der Waals surface area contributed by atoms with Crippen molar-refractivity contribution in [3.8, 4) is 5.75 Å². The van der Waals surface area contributed by atoms with Crippen molar-refractivity contribution >= 4 is 40.1 Å².